The average Bonchev–Trinajstić information content (AvgIpc) is 3.24. The lowest BCUT2D eigenvalue weighted by atomic mass is 9.92. The monoisotopic (exact) mass is 573 g/mol. The molecule has 41 heavy (non-hydrogen) atoms. The van der Waals surface area contributed by atoms with E-state index in [0.717, 1.165) is 47.8 Å². The van der Waals surface area contributed by atoms with Crippen molar-refractivity contribution in [3.63, 3.8) is 0 Å². The zero-order valence-electron chi connectivity index (χ0n) is 22.6. The van der Waals surface area contributed by atoms with Crippen LogP contribution in [0.1, 0.15) is 55.5 Å². The Hall–Kier alpha value is -4.02. The Morgan fingerprint density at radius 3 is 2.29 bits per heavy atom. The summed E-state index contributed by atoms with van der Waals surface area (Å²) in [5.41, 5.74) is 8.49. The number of nitrogens with zero attached hydrogens (tertiary/aromatic N) is 4. The fraction of sp³-hybridized carbons (Fsp3) is 0.333. The highest BCUT2D eigenvalue weighted by molar-refractivity contribution is 6.23. The number of piperidine rings is 1. The Kier molecular flexibility index (Phi) is 7.72. The number of likely N-dealkylation sites (tertiary alicyclic amines) is 1. The van der Waals surface area contributed by atoms with Crippen LogP contribution in [0, 0.1) is 17.5 Å². The minimum absolute atomic E-state index is 0.0258. The van der Waals surface area contributed by atoms with Gasteiger partial charge in [-0.2, -0.15) is 13.2 Å². The normalized spacial score (nSPS) is 17.0. The van der Waals surface area contributed by atoms with Crippen molar-refractivity contribution in [2.75, 3.05) is 13.1 Å². The van der Waals surface area contributed by atoms with Crippen LogP contribution in [0.5, 0.6) is 0 Å². The number of aromatic nitrogens is 2. The molecule has 216 valence electrons. The van der Waals surface area contributed by atoms with E-state index >= 15 is 0 Å². The first-order valence-corrected chi connectivity index (χ1v) is 13.3. The molecule has 1 fully saturated rings. The number of imidazole rings is 1. The molecule has 11 heteroatoms. The minimum atomic E-state index is -4.81. The van der Waals surface area contributed by atoms with Gasteiger partial charge in [0.25, 0.3) is 0 Å². The molecule has 3 heterocycles. The van der Waals surface area contributed by atoms with Crippen molar-refractivity contribution < 1.29 is 26.3 Å². The lowest BCUT2D eigenvalue weighted by molar-refractivity contribution is -0.139. The molecule has 1 saturated heterocycles. The van der Waals surface area contributed by atoms with Crippen molar-refractivity contribution in [2.45, 2.75) is 44.7 Å². The van der Waals surface area contributed by atoms with E-state index in [9.17, 15) is 26.3 Å². The highest BCUT2D eigenvalue weighted by atomic mass is 19.4. The number of hydrogen-bond donors (Lipinski definition) is 1. The molecule has 2 N–H and O–H groups in total. The second kappa shape index (κ2) is 11.1. The van der Waals surface area contributed by atoms with Crippen LogP contribution in [-0.2, 0) is 13.2 Å². The van der Waals surface area contributed by atoms with Gasteiger partial charge in [-0.15, -0.1) is 0 Å². The summed E-state index contributed by atoms with van der Waals surface area (Å²) in [5, 5.41) is 0. The Morgan fingerprint density at radius 1 is 0.951 bits per heavy atom. The third-order valence-electron chi connectivity index (χ3n) is 7.71. The number of benzene rings is 2. The van der Waals surface area contributed by atoms with Crippen molar-refractivity contribution in [1.29, 1.82) is 0 Å². The second-order valence-electron chi connectivity index (χ2n) is 10.3. The number of hydrogen-bond acceptors (Lipinski definition) is 4. The topological polar surface area (TPSA) is 59.4 Å². The number of allylic oxidation sites excluding steroid dienone is 1. The van der Waals surface area contributed by atoms with Crippen LogP contribution in [0.4, 0.5) is 26.3 Å². The van der Waals surface area contributed by atoms with Gasteiger partial charge in [-0.05, 0) is 60.7 Å². The molecule has 0 unspecified atom stereocenters. The molecule has 5 nitrogen and oxygen atoms in total. The second-order valence-corrected chi connectivity index (χ2v) is 10.3. The molecule has 2 aliphatic rings. The third-order valence-corrected chi connectivity index (χ3v) is 7.71. The number of rotatable bonds is 5. The molecule has 0 aliphatic carbocycles. The van der Waals surface area contributed by atoms with Gasteiger partial charge in [0.2, 0.25) is 0 Å². The van der Waals surface area contributed by atoms with Gasteiger partial charge in [0, 0.05) is 61.7 Å². The standard InChI is InChI=1S/C30H29F6N5/c1-3-17-12-26(27(28(37)38-15-17)20-5-7-23(32)24(33)14-20)41-10-8-18(9-11-41)29-39-25(16-40(29)2)19-4-6-22(31)21(13-19)30(34,35)36/h4-7,13-16,18H,3,8-12H2,1-2H3,(H2,37,38). The molecule has 0 spiro atoms. The molecule has 0 saturated carbocycles. The van der Waals surface area contributed by atoms with E-state index in [2.05, 4.69) is 14.9 Å². The Labute approximate surface area is 233 Å². The maximum absolute atomic E-state index is 14.2. The highest BCUT2D eigenvalue weighted by Crippen LogP contribution is 2.37. The fourth-order valence-electron chi connectivity index (χ4n) is 5.48. The van der Waals surface area contributed by atoms with Gasteiger partial charge in [0.1, 0.15) is 17.5 Å². The van der Waals surface area contributed by atoms with Crippen molar-refractivity contribution in [3.05, 3.63) is 94.5 Å². The zero-order chi connectivity index (χ0) is 29.5. The molecule has 1 aromatic heterocycles. The van der Waals surface area contributed by atoms with Crippen LogP contribution in [-0.4, -0.2) is 33.4 Å². The molecule has 0 bridgehead atoms. The summed E-state index contributed by atoms with van der Waals surface area (Å²) in [6.45, 7) is 3.25. The van der Waals surface area contributed by atoms with E-state index in [1.807, 2.05) is 6.92 Å². The highest BCUT2D eigenvalue weighted by Gasteiger charge is 2.35. The van der Waals surface area contributed by atoms with E-state index in [1.54, 1.807) is 24.0 Å². The van der Waals surface area contributed by atoms with Crippen molar-refractivity contribution in [1.82, 2.24) is 14.5 Å². The zero-order valence-corrected chi connectivity index (χ0v) is 22.6. The van der Waals surface area contributed by atoms with Crippen LogP contribution >= 0.6 is 0 Å². The minimum Gasteiger partial charge on any atom is -0.383 e. The van der Waals surface area contributed by atoms with Crippen LogP contribution in [0.15, 0.2) is 65.1 Å². The summed E-state index contributed by atoms with van der Waals surface area (Å²) in [7, 11) is 1.79. The largest absolute Gasteiger partial charge is 0.419 e. The molecule has 0 radical (unpaired) electrons. The maximum atomic E-state index is 14.2. The van der Waals surface area contributed by atoms with Gasteiger partial charge >= 0.3 is 6.18 Å². The molecule has 2 aliphatic heterocycles. The number of halogens is 6. The van der Waals surface area contributed by atoms with Gasteiger partial charge in [-0.3, -0.25) is 0 Å². The summed E-state index contributed by atoms with van der Waals surface area (Å²) >= 11 is 0. The van der Waals surface area contributed by atoms with Crippen molar-refractivity contribution >= 4 is 11.4 Å². The number of nitrogens with two attached hydrogens (primary N) is 1. The van der Waals surface area contributed by atoms with Crippen molar-refractivity contribution in [3.8, 4) is 11.3 Å². The number of aryl methyl sites for hydroxylation is 1. The average molecular weight is 574 g/mol. The summed E-state index contributed by atoms with van der Waals surface area (Å²) in [4.78, 5) is 11.2. The first-order chi connectivity index (χ1) is 19.5. The quantitative estimate of drug-likeness (QED) is 0.330. The number of amidine groups is 1. The SMILES string of the molecule is CCC1=CN=C(N)C(c2ccc(F)c(F)c2)=C(N2CCC(c3nc(-c4ccc(F)c(C(F)(F)F)c4)cn3C)CC2)C1. The van der Waals surface area contributed by atoms with Crippen LogP contribution in [0.3, 0.4) is 0 Å². The van der Waals surface area contributed by atoms with Gasteiger partial charge in [-0.1, -0.05) is 13.0 Å². The lowest BCUT2D eigenvalue weighted by Crippen LogP contribution is -2.35. The predicted molar refractivity (Wildman–Crippen MR) is 145 cm³/mol. The van der Waals surface area contributed by atoms with Crippen LogP contribution in [0.25, 0.3) is 16.8 Å². The van der Waals surface area contributed by atoms with Crippen molar-refractivity contribution in [2.24, 2.45) is 17.8 Å². The van der Waals surface area contributed by atoms with E-state index < -0.39 is 29.2 Å². The first-order valence-electron chi connectivity index (χ1n) is 13.3. The van der Waals surface area contributed by atoms with Crippen LogP contribution < -0.4 is 5.73 Å². The summed E-state index contributed by atoms with van der Waals surface area (Å²) < 4.78 is 83.3. The van der Waals surface area contributed by atoms with Gasteiger partial charge in [-0.25, -0.2) is 23.1 Å². The van der Waals surface area contributed by atoms with Crippen LogP contribution in [0.2, 0.25) is 0 Å². The molecular weight excluding hydrogens is 544 g/mol. The molecule has 0 amide bonds. The van der Waals surface area contributed by atoms with Gasteiger partial charge in [0.05, 0.1) is 11.3 Å². The predicted octanol–water partition coefficient (Wildman–Crippen LogP) is 7.17. The Balaban J connectivity index is 1.41. The smallest absolute Gasteiger partial charge is 0.383 e. The Bertz CT molecular complexity index is 1560. The van der Waals surface area contributed by atoms with E-state index in [-0.39, 0.29) is 17.3 Å². The molecular formula is C30H29F6N5. The molecule has 5 rings (SSSR count). The summed E-state index contributed by atoms with van der Waals surface area (Å²) in [6, 6.07) is 6.59. The van der Waals surface area contributed by atoms with E-state index in [0.29, 0.717) is 49.2 Å². The van der Waals surface area contributed by atoms with Gasteiger partial charge in [0.15, 0.2) is 11.6 Å². The Morgan fingerprint density at radius 2 is 1.63 bits per heavy atom. The lowest BCUT2D eigenvalue weighted by Gasteiger charge is -2.36. The van der Waals surface area contributed by atoms with E-state index in [1.165, 1.54) is 12.1 Å². The third kappa shape index (κ3) is 5.75. The molecule has 3 aromatic rings. The van der Waals surface area contributed by atoms with E-state index in [4.69, 9.17) is 5.73 Å². The molecule has 0 atom stereocenters. The molecule has 2 aromatic carbocycles. The maximum Gasteiger partial charge on any atom is 0.419 e. The summed E-state index contributed by atoms with van der Waals surface area (Å²) in [5.74, 6) is -2.27. The van der Waals surface area contributed by atoms with Gasteiger partial charge < -0.3 is 15.2 Å². The fourth-order valence-corrected chi connectivity index (χ4v) is 5.48. The summed E-state index contributed by atoms with van der Waals surface area (Å²) in [6.07, 6.45) is 1.26. The first kappa shape index (κ1) is 28.5. The number of alkyl halides is 3. The number of aliphatic imine (C=N–C) groups is 1.